The van der Waals surface area contributed by atoms with Crippen LogP contribution in [0.3, 0.4) is 0 Å². The molecule has 0 aliphatic heterocycles. The number of aromatic nitrogens is 6. The van der Waals surface area contributed by atoms with Gasteiger partial charge >= 0.3 is 0 Å². The third-order valence-corrected chi connectivity index (χ3v) is 17.8. The van der Waals surface area contributed by atoms with Crippen molar-refractivity contribution in [2.75, 3.05) is 0 Å². The van der Waals surface area contributed by atoms with Crippen LogP contribution in [0.15, 0.2) is 267 Å². The summed E-state index contributed by atoms with van der Waals surface area (Å²) in [5.41, 5.74) is 23.2. The van der Waals surface area contributed by atoms with Crippen LogP contribution < -0.4 is 0 Å². The molecule has 0 atom stereocenters. The van der Waals surface area contributed by atoms with Crippen molar-refractivity contribution in [3.05, 3.63) is 289 Å². The second kappa shape index (κ2) is 19.2. The van der Waals surface area contributed by atoms with E-state index in [4.69, 9.17) is 9.97 Å². The van der Waals surface area contributed by atoms with Gasteiger partial charge in [-0.15, -0.1) is 0 Å². The van der Waals surface area contributed by atoms with Gasteiger partial charge in [-0.3, -0.25) is 9.13 Å². The minimum Gasteiger partial charge on any atom is -0.305 e. The molecule has 6 nitrogen and oxygen atoms in total. The summed E-state index contributed by atoms with van der Waals surface area (Å²) in [6.45, 7) is 8.79. The van der Waals surface area contributed by atoms with E-state index in [9.17, 15) is 0 Å². The molecule has 0 N–H and O–H groups in total. The summed E-state index contributed by atoms with van der Waals surface area (Å²) >= 11 is 0. The molecule has 17 rings (SSSR count). The summed E-state index contributed by atoms with van der Waals surface area (Å²) < 4.78 is 10.0. The van der Waals surface area contributed by atoms with Crippen molar-refractivity contribution in [2.45, 2.75) is 27.7 Å². The fourth-order valence-electron chi connectivity index (χ4n) is 14.0. The van der Waals surface area contributed by atoms with Crippen LogP contribution in [0.5, 0.6) is 0 Å². The molecule has 0 saturated heterocycles. The number of aryl methyl sites for hydroxylation is 4. The summed E-state index contributed by atoms with van der Waals surface area (Å²) in [4.78, 5) is 12.2. The van der Waals surface area contributed by atoms with Crippen molar-refractivity contribution in [3.63, 3.8) is 0 Å². The zero-order valence-corrected chi connectivity index (χ0v) is 48.1. The minimum atomic E-state index is 0.794. The zero-order chi connectivity index (χ0) is 57.3. The van der Waals surface area contributed by atoms with Gasteiger partial charge in [0, 0.05) is 65.3 Å². The maximum absolute atomic E-state index is 6.55. The monoisotopic (exact) mass is 1100 g/mol. The molecule has 0 fully saturated rings. The number of hydrogen-bond acceptors (Lipinski definition) is 2. The third-order valence-electron chi connectivity index (χ3n) is 17.8. The SMILES string of the molecule is Cc1ccc2c(c1)c1ccccc1n2-c1nc(-n2c3ccccc3c3cc(C)ccc32)c(-n2c3ccccc3c3cc(C)ccc32)c(-c2ccccc2-c2ccc(-c3ccccc3)nc2-c2ccccc2)c1-n1c2ccccc2c2cc(C)ccc21. The molecule has 0 aliphatic rings. The van der Waals surface area contributed by atoms with E-state index in [1.807, 2.05) is 0 Å². The molecule has 0 radical (unpaired) electrons. The maximum atomic E-state index is 6.55. The van der Waals surface area contributed by atoms with E-state index >= 15 is 0 Å². The highest BCUT2D eigenvalue weighted by molar-refractivity contribution is 6.16. The van der Waals surface area contributed by atoms with Gasteiger partial charge in [0.1, 0.15) is 11.4 Å². The van der Waals surface area contributed by atoms with Crippen LogP contribution in [0, 0.1) is 27.7 Å². The molecule has 0 bridgehead atoms. The molecule has 0 spiro atoms. The summed E-state index contributed by atoms with van der Waals surface area (Å²) in [5, 5.41) is 9.33. The quantitative estimate of drug-likeness (QED) is 0.152. The molecule has 0 amide bonds. The standard InChI is InChI=1S/C80H56N6/c1-49-35-41-71-62(45-49)56-26-13-17-31-67(56)83(71)77-75(60-30-12-11-25-55(60)61-39-40-66(53-21-7-5-8-22-53)81-76(61)54-23-9-6-10-24-54)78(84-68-32-18-14-27-57(68)63-46-50(2)36-42-72(63)84)80(86-70-34-20-16-29-59(70)65-48-52(4)38-44-74(65)86)82-79(77)85-69-33-19-15-28-58(69)64-47-51(3)37-43-73(64)85/h5-48H,1-4H3. The largest absolute Gasteiger partial charge is 0.305 e. The lowest BCUT2D eigenvalue weighted by molar-refractivity contribution is 0.961. The molecule has 0 aliphatic carbocycles. The average Bonchev–Trinajstić information content (AvgIpc) is 1.45. The van der Waals surface area contributed by atoms with Gasteiger partial charge in [-0.25, -0.2) is 9.97 Å². The van der Waals surface area contributed by atoms with Gasteiger partial charge in [-0.1, -0.05) is 204 Å². The van der Waals surface area contributed by atoms with Gasteiger partial charge in [0.25, 0.3) is 0 Å². The summed E-state index contributed by atoms with van der Waals surface area (Å²) in [6.07, 6.45) is 0. The molecule has 17 aromatic rings. The molecule has 86 heavy (non-hydrogen) atoms. The lowest BCUT2D eigenvalue weighted by Gasteiger charge is -2.28. The van der Waals surface area contributed by atoms with Gasteiger partial charge in [0.15, 0.2) is 11.6 Å². The van der Waals surface area contributed by atoms with E-state index in [-0.39, 0.29) is 0 Å². The van der Waals surface area contributed by atoms with Crippen molar-refractivity contribution in [1.29, 1.82) is 0 Å². The molecule has 406 valence electrons. The van der Waals surface area contributed by atoms with E-state index in [1.165, 1.54) is 43.8 Å². The summed E-state index contributed by atoms with van der Waals surface area (Å²) in [5.74, 6) is 1.59. The molecule has 0 unspecified atom stereocenters. The van der Waals surface area contributed by atoms with E-state index < -0.39 is 0 Å². The van der Waals surface area contributed by atoms with E-state index in [0.29, 0.717) is 0 Å². The van der Waals surface area contributed by atoms with Crippen LogP contribution in [0.25, 0.3) is 155 Å². The van der Waals surface area contributed by atoms with Crippen molar-refractivity contribution < 1.29 is 0 Å². The van der Waals surface area contributed by atoms with Crippen LogP contribution in [0.1, 0.15) is 22.3 Å². The van der Waals surface area contributed by atoms with Gasteiger partial charge in [-0.2, -0.15) is 0 Å². The van der Waals surface area contributed by atoms with Gasteiger partial charge in [0.2, 0.25) is 0 Å². The van der Waals surface area contributed by atoms with Crippen LogP contribution in [0.2, 0.25) is 0 Å². The molecule has 6 aromatic heterocycles. The fraction of sp³-hybridized carbons (Fsp3) is 0.0500. The first kappa shape index (κ1) is 49.5. The van der Waals surface area contributed by atoms with E-state index in [2.05, 4.69) is 313 Å². The average molecular weight is 1100 g/mol. The molecular weight excluding hydrogens is 1040 g/mol. The highest BCUT2D eigenvalue weighted by atomic mass is 15.2. The van der Waals surface area contributed by atoms with Crippen molar-refractivity contribution in [1.82, 2.24) is 28.2 Å². The molecule has 6 heteroatoms. The highest BCUT2D eigenvalue weighted by Gasteiger charge is 2.34. The lowest BCUT2D eigenvalue weighted by Crippen LogP contribution is -2.16. The van der Waals surface area contributed by atoms with Crippen LogP contribution >= 0.6 is 0 Å². The molecule has 11 aromatic carbocycles. The summed E-state index contributed by atoms with van der Waals surface area (Å²) in [7, 11) is 0. The van der Waals surface area contributed by atoms with Gasteiger partial charge in [0.05, 0.1) is 55.5 Å². The molecule has 6 heterocycles. The van der Waals surface area contributed by atoms with Crippen molar-refractivity contribution >= 4 is 87.2 Å². The highest BCUT2D eigenvalue weighted by Crippen LogP contribution is 2.51. The number of nitrogens with zero attached hydrogens (tertiary/aromatic N) is 6. The van der Waals surface area contributed by atoms with E-state index in [1.54, 1.807) is 0 Å². The maximum Gasteiger partial charge on any atom is 0.165 e. The van der Waals surface area contributed by atoms with E-state index in [0.717, 1.165) is 133 Å². The normalized spacial score (nSPS) is 12.0. The lowest BCUT2D eigenvalue weighted by atomic mass is 9.89. The Hall–Kier alpha value is -11.1. The number of rotatable bonds is 8. The van der Waals surface area contributed by atoms with Crippen LogP contribution in [-0.2, 0) is 0 Å². The predicted octanol–water partition coefficient (Wildman–Crippen LogP) is 20.8. The third kappa shape index (κ3) is 7.46. The molecular formula is C80H56N6. The van der Waals surface area contributed by atoms with Gasteiger partial charge < -0.3 is 9.13 Å². The Morgan fingerprint density at radius 2 is 0.581 bits per heavy atom. The second-order valence-electron chi connectivity index (χ2n) is 23.2. The Labute approximate surface area is 497 Å². The van der Waals surface area contributed by atoms with Gasteiger partial charge in [-0.05, 0) is 124 Å². The fourth-order valence-corrected chi connectivity index (χ4v) is 14.0. The number of benzene rings is 11. The first-order chi connectivity index (χ1) is 42.3. The first-order valence-corrected chi connectivity index (χ1v) is 29.6. The van der Waals surface area contributed by atoms with Crippen molar-refractivity contribution in [3.8, 4) is 67.8 Å². The summed E-state index contributed by atoms with van der Waals surface area (Å²) in [6, 6.07) is 98.2. The Morgan fingerprint density at radius 1 is 0.244 bits per heavy atom. The topological polar surface area (TPSA) is 45.5 Å². The Bertz CT molecular complexity index is 5370. The number of para-hydroxylation sites is 4. The van der Waals surface area contributed by atoms with Crippen molar-refractivity contribution in [2.24, 2.45) is 0 Å². The number of fused-ring (bicyclic) bond motifs is 12. The number of hydrogen-bond donors (Lipinski definition) is 0. The predicted molar refractivity (Wildman–Crippen MR) is 360 cm³/mol. The zero-order valence-electron chi connectivity index (χ0n) is 48.1. The Morgan fingerprint density at radius 3 is 1.01 bits per heavy atom. The second-order valence-corrected chi connectivity index (χ2v) is 23.2. The number of pyridine rings is 2. The van der Waals surface area contributed by atoms with Crippen LogP contribution in [0.4, 0.5) is 0 Å². The molecule has 0 saturated carbocycles. The Balaban J connectivity index is 1.18. The smallest absolute Gasteiger partial charge is 0.165 e. The van der Waals surface area contributed by atoms with Crippen LogP contribution in [-0.4, -0.2) is 28.2 Å². The first-order valence-electron chi connectivity index (χ1n) is 29.6. The minimum absolute atomic E-state index is 0.794. The Kier molecular flexibility index (Phi) is 11.1.